The molecule has 0 aromatic heterocycles. The van der Waals surface area contributed by atoms with Crippen LogP contribution in [0.25, 0.3) is 0 Å². The third-order valence-corrected chi connectivity index (χ3v) is 4.69. The van der Waals surface area contributed by atoms with Crippen molar-refractivity contribution in [1.82, 2.24) is 4.90 Å². The van der Waals surface area contributed by atoms with Gasteiger partial charge in [-0.15, -0.1) is 0 Å². The zero-order chi connectivity index (χ0) is 12.6. The number of piperidine rings is 3. The first-order valence-electron chi connectivity index (χ1n) is 6.68. The lowest BCUT2D eigenvalue weighted by Gasteiger charge is -2.53. The average molecular weight is 266 g/mol. The van der Waals surface area contributed by atoms with E-state index in [9.17, 15) is 0 Å². The molecule has 18 heavy (non-hydrogen) atoms. The van der Waals surface area contributed by atoms with Crippen LogP contribution in [0, 0.1) is 5.92 Å². The van der Waals surface area contributed by atoms with Gasteiger partial charge in [0.25, 0.3) is 0 Å². The van der Waals surface area contributed by atoms with Gasteiger partial charge in [0.05, 0.1) is 5.54 Å². The van der Waals surface area contributed by atoms with Crippen LogP contribution in [0.3, 0.4) is 0 Å². The highest BCUT2D eigenvalue weighted by molar-refractivity contribution is 6.30. The Bertz CT molecular complexity index is 429. The summed E-state index contributed by atoms with van der Waals surface area (Å²) < 4.78 is 0. The summed E-state index contributed by atoms with van der Waals surface area (Å²) in [5.74, 6) is 0.687. The Morgan fingerprint density at radius 2 is 2.17 bits per heavy atom. The van der Waals surface area contributed by atoms with Crippen LogP contribution in [-0.2, 0) is 0 Å². The summed E-state index contributed by atoms with van der Waals surface area (Å²) in [6.45, 7) is 4.19. The van der Waals surface area contributed by atoms with Gasteiger partial charge in [0.2, 0.25) is 0 Å². The molecule has 2 bridgehead atoms. The van der Waals surface area contributed by atoms with Gasteiger partial charge in [0.1, 0.15) is 0 Å². The standard InChI is InChI=1S/C14H20ClN3/c15-12-2-1-3-13(8-12)17-14(9-16)10-18-6-4-11(14)5-7-18/h1-3,8,11,17H,4-7,9-10,16H2. The van der Waals surface area contributed by atoms with E-state index in [4.69, 9.17) is 17.3 Å². The predicted octanol–water partition coefficient (Wildman–Crippen LogP) is 2.17. The molecule has 3 heterocycles. The molecule has 1 unspecified atom stereocenters. The van der Waals surface area contributed by atoms with Crippen molar-refractivity contribution in [3.8, 4) is 0 Å². The molecule has 1 aromatic rings. The quantitative estimate of drug-likeness (QED) is 0.880. The van der Waals surface area contributed by atoms with Gasteiger partial charge in [-0.05, 0) is 50.0 Å². The maximum atomic E-state index is 6.09. The fourth-order valence-corrected chi connectivity index (χ4v) is 3.64. The zero-order valence-corrected chi connectivity index (χ0v) is 11.3. The first kappa shape index (κ1) is 12.3. The Balaban J connectivity index is 1.84. The van der Waals surface area contributed by atoms with Crippen molar-refractivity contribution in [2.45, 2.75) is 18.4 Å². The summed E-state index contributed by atoms with van der Waals surface area (Å²) in [7, 11) is 0. The van der Waals surface area contributed by atoms with E-state index in [2.05, 4.69) is 16.3 Å². The van der Waals surface area contributed by atoms with Crippen molar-refractivity contribution in [3.63, 3.8) is 0 Å². The smallest absolute Gasteiger partial charge is 0.0651 e. The van der Waals surface area contributed by atoms with Crippen molar-refractivity contribution in [1.29, 1.82) is 0 Å². The van der Waals surface area contributed by atoms with E-state index >= 15 is 0 Å². The molecule has 0 aliphatic carbocycles. The van der Waals surface area contributed by atoms with Crippen molar-refractivity contribution in [3.05, 3.63) is 29.3 Å². The number of nitrogens with two attached hydrogens (primary N) is 1. The minimum atomic E-state index is 0.0290. The van der Waals surface area contributed by atoms with Crippen LogP contribution in [0.2, 0.25) is 5.02 Å². The zero-order valence-electron chi connectivity index (χ0n) is 10.5. The van der Waals surface area contributed by atoms with Gasteiger partial charge in [0.15, 0.2) is 0 Å². The fraction of sp³-hybridized carbons (Fsp3) is 0.571. The largest absolute Gasteiger partial charge is 0.377 e. The number of nitrogens with zero attached hydrogens (tertiary/aromatic N) is 1. The second-order valence-corrected chi connectivity index (χ2v) is 5.98. The van der Waals surface area contributed by atoms with Crippen LogP contribution in [0.1, 0.15) is 12.8 Å². The molecule has 98 valence electrons. The van der Waals surface area contributed by atoms with Crippen molar-refractivity contribution < 1.29 is 0 Å². The molecule has 3 aliphatic heterocycles. The third kappa shape index (κ3) is 2.11. The summed E-state index contributed by atoms with van der Waals surface area (Å²) in [5.41, 5.74) is 7.20. The maximum Gasteiger partial charge on any atom is 0.0651 e. The second-order valence-electron chi connectivity index (χ2n) is 5.55. The molecular formula is C14H20ClN3. The van der Waals surface area contributed by atoms with Crippen LogP contribution in [0.5, 0.6) is 0 Å². The second kappa shape index (κ2) is 4.72. The molecule has 4 heteroatoms. The molecule has 1 atom stereocenters. The summed E-state index contributed by atoms with van der Waals surface area (Å²) in [6.07, 6.45) is 2.51. The molecule has 3 saturated heterocycles. The van der Waals surface area contributed by atoms with E-state index in [0.717, 1.165) is 17.3 Å². The Labute approximate surface area is 113 Å². The van der Waals surface area contributed by atoms with Crippen LogP contribution in [0.15, 0.2) is 24.3 Å². The highest BCUT2D eigenvalue weighted by atomic mass is 35.5. The lowest BCUT2D eigenvalue weighted by molar-refractivity contribution is 0.0449. The molecule has 3 N–H and O–H groups in total. The van der Waals surface area contributed by atoms with E-state index < -0.39 is 0 Å². The van der Waals surface area contributed by atoms with Gasteiger partial charge in [-0.2, -0.15) is 0 Å². The number of hydrogen-bond acceptors (Lipinski definition) is 3. The van der Waals surface area contributed by atoms with Gasteiger partial charge in [-0.1, -0.05) is 17.7 Å². The summed E-state index contributed by atoms with van der Waals surface area (Å²) in [5, 5.41) is 4.44. The van der Waals surface area contributed by atoms with E-state index in [0.29, 0.717) is 12.5 Å². The Morgan fingerprint density at radius 1 is 1.39 bits per heavy atom. The SMILES string of the molecule is NCC1(Nc2cccc(Cl)c2)CN2CCC1CC2. The van der Waals surface area contributed by atoms with Crippen molar-refractivity contribution in [2.24, 2.45) is 11.7 Å². The third-order valence-electron chi connectivity index (χ3n) is 4.46. The number of halogens is 1. The van der Waals surface area contributed by atoms with Gasteiger partial charge in [0, 0.05) is 23.8 Å². The van der Waals surface area contributed by atoms with E-state index in [-0.39, 0.29) is 5.54 Å². The number of anilines is 1. The number of rotatable bonds is 3. The first-order chi connectivity index (χ1) is 8.72. The summed E-state index contributed by atoms with van der Waals surface area (Å²) in [6, 6.07) is 7.94. The maximum absolute atomic E-state index is 6.09. The Morgan fingerprint density at radius 3 is 2.72 bits per heavy atom. The molecule has 1 aromatic carbocycles. The molecule has 0 amide bonds. The van der Waals surface area contributed by atoms with Crippen LogP contribution < -0.4 is 11.1 Å². The molecule has 0 spiro atoms. The molecule has 3 fully saturated rings. The van der Waals surface area contributed by atoms with Crippen LogP contribution >= 0.6 is 11.6 Å². The normalized spacial score (nSPS) is 34.6. The molecule has 0 radical (unpaired) electrons. The van der Waals surface area contributed by atoms with Crippen LogP contribution in [0.4, 0.5) is 5.69 Å². The number of fused-ring (bicyclic) bond motifs is 3. The van der Waals surface area contributed by atoms with Gasteiger partial charge in [-0.25, -0.2) is 0 Å². The predicted molar refractivity (Wildman–Crippen MR) is 76.0 cm³/mol. The highest BCUT2D eigenvalue weighted by Crippen LogP contribution is 2.37. The first-order valence-corrected chi connectivity index (χ1v) is 7.06. The van der Waals surface area contributed by atoms with E-state index in [1.165, 1.54) is 25.9 Å². The Kier molecular flexibility index (Phi) is 3.22. The van der Waals surface area contributed by atoms with Gasteiger partial charge < -0.3 is 16.0 Å². The van der Waals surface area contributed by atoms with Crippen molar-refractivity contribution in [2.75, 3.05) is 31.5 Å². The molecule has 3 nitrogen and oxygen atoms in total. The summed E-state index contributed by atoms with van der Waals surface area (Å²) in [4.78, 5) is 2.52. The highest BCUT2D eigenvalue weighted by Gasteiger charge is 2.45. The lowest BCUT2D eigenvalue weighted by atomic mass is 9.72. The van der Waals surface area contributed by atoms with E-state index in [1.807, 2.05) is 18.2 Å². The molecule has 4 rings (SSSR count). The number of benzene rings is 1. The van der Waals surface area contributed by atoms with Gasteiger partial charge in [-0.3, -0.25) is 0 Å². The lowest BCUT2D eigenvalue weighted by Crippen LogP contribution is -2.66. The Hall–Kier alpha value is -0.770. The molecule has 3 aliphatic rings. The number of nitrogens with one attached hydrogen (secondary N) is 1. The van der Waals surface area contributed by atoms with Crippen LogP contribution in [-0.4, -0.2) is 36.6 Å². The average Bonchev–Trinajstić information content (AvgIpc) is 2.40. The van der Waals surface area contributed by atoms with Crippen molar-refractivity contribution >= 4 is 17.3 Å². The van der Waals surface area contributed by atoms with Gasteiger partial charge >= 0.3 is 0 Å². The minimum Gasteiger partial charge on any atom is -0.377 e. The molecular weight excluding hydrogens is 246 g/mol. The topological polar surface area (TPSA) is 41.3 Å². The fourth-order valence-electron chi connectivity index (χ4n) is 3.45. The van der Waals surface area contributed by atoms with E-state index in [1.54, 1.807) is 0 Å². The monoisotopic (exact) mass is 265 g/mol. The summed E-state index contributed by atoms with van der Waals surface area (Å²) >= 11 is 6.05. The molecule has 0 saturated carbocycles. The number of hydrogen-bond donors (Lipinski definition) is 2. The minimum absolute atomic E-state index is 0.0290.